The summed E-state index contributed by atoms with van der Waals surface area (Å²) in [5.41, 5.74) is 3.65. The quantitative estimate of drug-likeness (QED) is 0.622. The largest absolute Gasteiger partial charge is 0.465 e. The summed E-state index contributed by atoms with van der Waals surface area (Å²) in [6, 6.07) is 3.80. The molecule has 1 aliphatic carbocycles. The van der Waals surface area contributed by atoms with E-state index in [1.807, 2.05) is 12.1 Å². The highest BCUT2D eigenvalue weighted by Gasteiger charge is 2.30. The van der Waals surface area contributed by atoms with Gasteiger partial charge in [-0.25, -0.2) is 9.78 Å². The van der Waals surface area contributed by atoms with Gasteiger partial charge in [-0.2, -0.15) is 0 Å². The summed E-state index contributed by atoms with van der Waals surface area (Å²) >= 11 is 6.11. The van der Waals surface area contributed by atoms with E-state index in [1.54, 1.807) is 0 Å². The number of carbonyl (C=O) groups excluding carboxylic acids is 1. The third-order valence-corrected chi connectivity index (χ3v) is 4.94. The Bertz CT molecular complexity index is 763. The fraction of sp³-hybridized carbons (Fsp3) is 0.529. The van der Waals surface area contributed by atoms with Crippen molar-refractivity contribution in [3.63, 3.8) is 0 Å². The molecule has 6 heteroatoms. The van der Waals surface area contributed by atoms with Crippen molar-refractivity contribution in [2.45, 2.75) is 43.7 Å². The summed E-state index contributed by atoms with van der Waals surface area (Å²) in [7, 11) is 1.41. The van der Waals surface area contributed by atoms with Gasteiger partial charge in [0.25, 0.3) is 0 Å². The van der Waals surface area contributed by atoms with E-state index in [0.717, 1.165) is 54.8 Å². The van der Waals surface area contributed by atoms with Crippen LogP contribution in [-0.4, -0.2) is 35.3 Å². The number of carbonyl (C=O) groups is 1. The number of fused-ring (bicyclic) bond motifs is 1. The number of alkyl halides is 1. The zero-order chi connectivity index (χ0) is 16.0. The Labute approximate surface area is 139 Å². The Morgan fingerprint density at radius 2 is 2.22 bits per heavy atom. The molecule has 0 radical (unpaired) electrons. The maximum atomic E-state index is 12.0. The third-order valence-electron chi connectivity index (χ3n) is 4.70. The van der Waals surface area contributed by atoms with Crippen LogP contribution in [0.1, 0.15) is 46.9 Å². The van der Waals surface area contributed by atoms with Crippen LogP contribution in [0.25, 0.3) is 11.0 Å². The molecule has 4 rings (SSSR count). The molecular formula is C17H19ClN2O3. The van der Waals surface area contributed by atoms with Gasteiger partial charge in [-0.15, -0.1) is 11.6 Å². The molecule has 122 valence electrons. The maximum Gasteiger partial charge on any atom is 0.337 e. The van der Waals surface area contributed by atoms with Crippen LogP contribution in [-0.2, 0) is 21.9 Å². The van der Waals surface area contributed by atoms with Crippen molar-refractivity contribution in [2.75, 3.05) is 13.7 Å². The average Bonchev–Trinajstić information content (AvgIpc) is 3.31. The normalized spacial score (nSPS) is 20.5. The second kappa shape index (κ2) is 5.80. The third kappa shape index (κ3) is 2.62. The first kappa shape index (κ1) is 15.0. The molecule has 1 atom stereocenters. The van der Waals surface area contributed by atoms with Crippen LogP contribution in [0.4, 0.5) is 0 Å². The summed E-state index contributed by atoms with van der Waals surface area (Å²) in [6.07, 6.45) is 3.55. The average molecular weight is 335 g/mol. The Kier molecular flexibility index (Phi) is 3.77. The lowest BCUT2D eigenvalue weighted by molar-refractivity contribution is -0.0589. The zero-order valence-corrected chi connectivity index (χ0v) is 13.8. The van der Waals surface area contributed by atoms with Crippen LogP contribution in [0.15, 0.2) is 12.1 Å². The number of ether oxygens (including phenoxy) is 2. The van der Waals surface area contributed by atoms with Crippen molar-refractivity contribution in [3.05, 3.63) is 29.1 Å². The summed E-state index contributed by atoms with van der Waals surface area (Å²) in [5, 5.41) is 0. The van der Waals surface area contributed by atoms with Crippen LogP contribution in [0.2, 0.25) is 0 Å². The molecule has 1 aliphatic heterocycles. The van der Waals surface area contributed by atoms with E-state index in [9.17, 15) is 4.79 Å². The molecule has 0 unspecified atom stereocenters. The molecule has 23 heavy (non-hydrogen) atoms. The molecular weight excluding hydrogens is 316 g/mol. The lowest BCUT2D eigenvalue weighted by Crippen LogP contribution is -2.31. The molecule has 1 saturated carbocycles. The molecule has 0 spiro atoms. The second-order valence-corrected chi connectivity index (χ2v) is 6.52. The van der Waals surface area contributed by atoms with Crippen LogP contribution in [0.5, 0.6) is 0 Å². The summed E-state index contributed by atoms with van der Waals surface area (Å²) in [5.74, 6) is 1.36. The minimum absolute atomic E-state index is 0.209. The van der Waals surface area contributed by atoms with Gasteiger partial charge in [-0.3, -0.25) is 0 Å². The number of methoxy groups -OCH3 is 1. The molecule has 5 nitrogen and oxygen atoms in total. The lowest BCUT2D eigenvalue weighted by Gasteiger charge is -2.27. The highest BCUT2D eigenvalue weighted by molar-refractivity contribution is 6.17. The first-order valence-electron chi connectivity index (χ1n) is 8.00. The Morgan fingerprint density at radius 3 is 2.78 bits per heavy atom. The number of hydrogen-bond acceptors (Lipinski definition) is 4. The first-order valence-corrected chi connectivity index (χ1v) is 8.53. The van der Waals surface area contributed by atoms with Crippen LogP contribution in [0.3, 0.4) is 0 Å². The van der Waals surface area contributed by atoms with Gasteiger partial charge in [0.05, 0.1) is 42.2 Å². The number of benzene rings is 1. The molecule has 2 heterocycles. The second-order valence-electron chi connectivity index (χ2n) is 6.25. The summed E-state index contributed by atoms with van der Waals surface area (Å²) in [4.78, 5) is 16.8. The van der Waals surface area contributed by atoms with Gasteiger partial charge in [-0.1, -0.05) is 0 Å². The van der Waals surface area contributed by atoms with E-state index in [2.05, 4.69) is 4.57 Å². The lowest BCUT2D eigenvalue weighted by atomic mass is 10.0. The Balaban J connectivity index is 1.87. The Hall–Kier alpha value is -1.59. The van der Waals surface area contributed by atoms with E-state index >= 15 is 0 Å². The van der Waals surface area contributed by atoms with Crippen LogP contribution in [0, 0.1) is 0 Å². The van der Waals surface area contributed by atoms with Gasteiger partial charge in [0.1, 0.15) is 5.82 Å². The molecule has 2 fully saturated rings. The van der Waals surface area contributed by atoms with Crippen molar-refractivity contribution in [2.24, 2.45) is 0 Å². The highest BCUT2D eigenvalue weighted by Crippen LogP contribution is 2.43. The molecule has 0 N–H and O–H groups in total. The monoisotopic (exact) mass is 334 g/mol. The van der Waals surface area contributed by atoms with Crippen molar-refractivity contribution < 1.29 is 14.3 Å². The van der Waals surface area contributed by atoms with E-state index in [0.29, 0.717) is 17.4 Å². The first-order chi connectivity index (χ1) is 11.2. The summed E-state index contributed by atoms with van der Waals surface area (Å²) in [6.45, 7) is 1.54. The Morgan fingerprint density at radius 1 is 1.43 bits per heavy atom. The van der Waals surface area contributed by atoms with E-state index in [4.69, 9.17) is 26.1 Å². The minimum atomic E-state index is -0.311. The number of nitrogens with zero attached hydrogens (tertiary/aromatic N) is 2. The topological polar surface area (TPSA) is 53.3 Å². The van der Waals surface area contributed by atoms with Crippen molar-refractivity contribution in [1.29, 1.82) is 0 Å². The highest BCUT2D eigenvalue weighted by atomic mass is 35.5. The smallest absolute Gasteiger partial charge is 0.337 e. The van der Waals surface area contributed by atoms with Gasteiger partial charge in [0.15, 0.2) is 0 Å². The fourth-order valence-corrected chi connectivity index (χ4v) is 3.38. The standard InChI is InChI=1S/C17H19ClN2O3/c1-22-17(21)11-6-13(10-2-3-10)16-14(7-11)20(15(8-18)19-16)9-12-4-5-23-12/h6-7,10,12H,2-5,8-9H2,1H3/t12-/m0/s1. The molecule has 2 aromatic rings. The fourth-order valence-electron chi connectivity index (χ4n) is 3.18. The van der Waals surface area contributed by atoms with Crippen molar-refractivity contribution >= 4 is 28.6 Å². The molecule has 2 aliphatic rings. The van der Waals surface area contributed by atoms with Gasteiger partial charge >= 0.3 is 5.97 Å². The predicted octanol–water partition coefficient (Wildman–Crippen LogP) is 3.23. The number of imidazole rings is 1. The molecule has 0 bridgehead atoms. The van der Waals surface area contributed by atoms with E-state index < -0.39 is 0 Å². The molecule has 1 aromatic heterocycles. The van der Waals surface area contributed by atoms with Crippen LogP contribution < -0.4 is 0 Å². The number of halogens is 1. The zero-order valence-electron chi connectivity index (χ0n) is 13.0. The van der Waals surface area contributed by atoms with Gasteiger partial charge in [-0.05, 0) is 42.9 Å². The van der Waals surface area contributed by atoms with Crippen molar-refractivity contribution in [1.82, 2.24) is 9.55 Å². The van der Waals surface area contributed by atoms with Crippen LogP contribution >= 0.6 is 11.6 Å². The number of aromatic nitrogens is 2. The number of hydrogen-bond donors (Lipinski definition) is 0. The number of esters is 1. The van der Waals surface area contributed by atoms with Gasteiger partial charge in [0, 0.05) is 6.61 Å². The van der Waals surface area contributed by atoms with Gasteiger partial charge in [0.2, 0.25) is 0 Å². The maximum absolute atomic E-state index is 12.0. The summed E-state index contributed by atoms with van der Waals surface area (Å²) < 4.78 is 12.6. The van der Waals surface area contributed by atoms with E-state index in [-0.39, 0.29) is 12.1 Å². The van der Waals surface area contributed by atoms with Crippen molar-refractivity contribution in [3.8, 4) is 0 Å². The SMILES string of the molecule is COC(=O)c1cc(C2CC2)c2nc(CCl)n(C[C@@H]3CCO3)c2c1. The predicted molar refractivity (Wildman–Crippen MR) is 87.0 cm³/mol. The molecule has 1 saturated heterocycles. The number of rotatable bonds is 5. The molecule has 0 amide bonds. The molecule has 1 aromatic carbocycles. The minimum Gasteiger partial charge on any atom is -0.465 e. The van der Waals surface area contributed by atoms with E-state index in [1.165, 1.54) is 7.11 Å². The van der Waals surface area contributed by atoms with Gasteiger partial charge < -0.3 is 14.0 Å².